The molecule has 0 aliphatic carbocycles. The summed E-state index contributed by atoms with van der Waals surface area (Å²) in [5.41, 5.74) is 6.41. The van der Waals surface area contributed by atoms with Crippen LogP contribution in [0.15, 0.2) is 36.5 Å². The number of fused-ring (bicyclic) bond motifs is 1. The second-order valence-electron chi connectivity index (χ2n) is 5.88. The number of amides is 1. The van der Waals surface area contributed by atoms with Gasteiger partial charge in [0.25, 0.3) is 0 Å². The minimum Gasteiger partial charge on any atom is -0.491 e. The van der Waals surface area contributed by atoms with Gasteiger partial charge in [-0.05, 0) is 31.4 Å². The van der Waals surface area contributed by atoms with Gasteiger partial charge in [0.1, 0.15) is 17.4 Å². The maximum absolute atomic E-state index is 12.0. The third-order valence-electron chi connectivity index (χ3n) is 4.14. The fraction of sp³-hybridized carbons (Fsp3) is 0.444. The van der Waals surface area contributed by atoms with Crippen LogP contribution in [0.3, 0.4) is 0 Å². The van der Waals surface area contributed by atoms with Crippen molar-refractivity contribution in [2.45, 2.75) is 31.5 Å². The van der Waals surface area contributed by atoms with Gasteiger partial charge in [0.15, 0.2) is 0 Å². The van der Waals surface area contributed by atoms with E-state index in [0.717, 1.165) is 35.9 Å². The lowest BCUT2D eigenvalue weighted by atomic mass is 10.2. The summed E-state index contributed by atoms with van der Waals surface area (Å²) in [6.07, 6.45) is 3.73. The number of hydrogen-bond donors (Lipinski definition) is 2. The Hall–Kier alpha value is -1.60. The average Bonchev–Trinajstić information content (AvgIpc) is 3.11. The number of benzene rings is 1. The number of rotatable bonds is 7. The molecule has 3 rings (SSSR count). The standard InChI is InChI=1S/C18H23N3O3.2ClH/c19-12-14-7-8-16(24-14)18(22)21-10-3-11-23-15-6-1-4-13-5-2-9-20-17(13)15;;/h1-2,4-6,9,14,16H,3,7-8,10-12,19H2,(H,21,22);2*1H/t14-,16+;;/m1../s1. The Kier molecular flexibility index (Phi) is 9.65. The van der Waals surface area contributed by atoms with Crippen LogP contribution in [0.25, 0.3) is 10.9 Å². The van der Waals surface area contributed by atoms with Crippen molar-refractivity contribution in [1.82, 2.24) is 10.3 Å². The Labute approximate surface area is 165 Å². The Morgan fingerprint density at radius 1 is 1.27 bits per heavy atom. The summed E-state index contributed by atoms with van der Waals surface area (Å²) < 4.78 is 11.4. The van der Waals surface area contributed by atoms with Crippen molar-refractivity contribution in [3.05, 3.63) is 36.5 Å². The summed E-state index contributed by atoms with van der Waals surface area (Å²) in [7, 11) is 0. The number of pyridine rings is 1. The first-order valence-electron chi connectivity index (χ1n) is 8.37. The molecule has 1 aliphatic heterocycles. The number of aromatic nitrogens is 1. The first-order valence-corrected chi connectivity index (χ1v) is 8.37. The van der Waals surface area contributed by atoms with E-state index in [1.807, 2.05) is 30.3 Å². The molecule has 1 saturated heterocycles. The molecule has 0 radical (unpaired) electrons. The molecule has 3 N–H and O–H groups in total. The molecular formula is C18H25Cl2N3O3. The van der Waals surface area contributed by atoms with Gasteiger partial charge in [0.2, 0.25) is 5.91 Å². The highest BCUT2D eigenvalue weighted by Crippen LogP contribution is 2.23. The van der Waals surface area contributed by atoms with Crippen molar-refractivity contribution in [3.8, 4) is 5.75 Å². The van der Waals surface area contributed by atoms with Crippen LogP contribution in [0.5, 0.6) is 5.75 Å². The fourth-order valence-corrected chi connectivity index (χ4v) is 2.84. The number of nitrogens with two attached hydrogens (primary N) is 1. The van der Waals surface area contributed by atoms with Crippen molar-refractivity contribution >= 4 is 41.6 Å². The molecule has 144 valence electrons. The topological polar surface area (TPSA) is 86.5 Å². The SMILES string of the molecule is Cl.Cl.NC[C@H]1CC[C@@H](C(=O)NCCCOc2cccc3cccnc23)O1. The molecule has 0 bridgehead atoms. The lowest BCUT2D eigenvalue weighted by Crippen LogP contribution is -2.36. The van der Waals surface area contributed by atoms with Gasteiger partial charge < -0.3 is 20.5 Å². The van der Waals surface area contributed by atoms with Crippen LogP contribution in [-0.2, 0) is 9.53 Å². The lowest BCUT2D eigenvalue weighted by Gasteiger charge is -2.13. The second kappa shape index (κ2) is 11.2. The summed E-state index contributed by atoms with van der Waals surface area (Å²) in [4.78, 5) is 16.3. The number of halogens is 2. The number of carbonyl (C=O) groups is 1. The van der Waals surface area contributed by atoms with Crippen LogP contribution >= 0.6 is 24.8 Å². The zero-order valence-corrected chi connectivity index (χ0v) is 16.1. The zero-order valence-electron chi connectivity index (χ0n) is 14.4. The minimum atomic E-state index is -0.360. The van der Waals surface area contributed by atoms with Crippen molar-refractivity contribution in [2.75, 3.05) is 19.7 Å². The van der Waals surface area contributed by atoms with E-state index < -0.39 is 0 Å². The number of para-hydroxylation sites is 1. The molecule has 1 aromatic heterocycles. The third-order valence-corrected chi connectivity index (χ3v) is 4.14. The molecule has 1 aromatic carbocycles. The molecule has 0 unspecified atom stereocenters. The monoisotopic (exact) mass is 401 g/mol. The van der Waals surface area contributed by atoms with Gasteiger partial charge >= 0.3 is 0 Å². The number of carbonyl (C=O) groups excluding carboxylic acids is 1. The van der Waals surface area contributed by atoms with Crippen molar-refractivity contribution < 1.29 is 14.3 Å². The van der Waals surface area contributed by atoms with E-state index >= 15 is 0 Å². The smallest absolute Gasteiger partial charge is 0.249 e. The van der Waals surface area contributed by atoms with Crippen molar-refractivity contribution in [3.63, 3.8) is 0 Å². The van der Waals surface area contributed by atoms with Crippen molar-refractivity contribution in [1.29, 1.82) is 0 Å². The molecule has 2 heterocycles. The molecular weight excluding hydrogens is 377 g/mol. The number of hydrogen-bond acceptors (Lipinski definition) is 5. The summed E-state index contributed by atoms with van der Waals surface area (Å²) in [5, 5.41) is 3.94. The number of nitrogens with one attached hydrogen (secondary N) is 1. The van der Waals surface area contributed by atoms with Crippen LogP contribution in [0.2, 0.25) is 0 Å². The fourth-order valence-electron chi connectivity index (χ4n) is 2.84. The molecule has 0 spiro atoms. The van der Waals surface area contributed by atoms with Crippen LogP contribution < -0.4 is 15.8 Å². The van der Waals surface area contributed by atoms with Gasteiger partial charge in [-0.2, -0.15) is 0 Å². The second-order valence-corrected chi connectivity index (χ2v) is 5.88. The highest BCUT2D eigenvalue weighted by molar-refractivity contribution is 5.86. The molecule has 1 aliphatic rings. The Balaban J connectivity index is 0.00000169. The first kappa shape index (κ1) is 22.4. The summed E-state index contributed by atoms with van der Waals surface area (Å²) in [5.74, 6) is 0.710. The van der Waals surface area contributed by atoms with E-state index in [9.17, 15) is 4.79 Å². The molecule has 2 atom stereocenters. The molecule has 1 amide bonds. The van der Waals surface area contributed by atoms with Crippen molar-refractivity contribution in [2.24, 2.45) is 5.73 Å². The molecule has 26 heavy (non-hydrogen) atoms. The Bertz CT molecular complexity index is 697. The van der Waals surface area contributed by atoms with E-state index in [1.165, 1.54) is 0 Å². The number of nitrogens with zero attached hydrogens (tertiary/aromatic N) is 1. The maximum Gasteiger partial charge on any atom is 0.249 e. The quantitative estimate of drug-likeness (QED) is 0.695. The van der Waals surface area contributed by atoms with E-state index in [1.54, 1.807) is 6.20 Å². The van der Waals surface area contributed by atoms with Gasteiger partial charge in [-0.3, -0.25) is 9.78 Å². The molecule has 1 fully saturated rings. The average molecular weight is 402 g/mol. The first-order chi connectivity index (χ1) is 11.8. The lowest BCUT2D eigenvalue weighted by molar-refractivity contribution is -0.131. The largest absolute Gasteiger partial charge is 0.491 e. The van der Waals surface area contributed by atoms with Crippen LogP contribution in [-0.4, -0.2) is 42.8 Å². The third kappa shape index (κ3) is 5.71. The molecule has 8 heteroatoms. The molecule has 0 saturated carbocycles. The van der Waals surface area contributed by atoms with E-state index in [0.29, 0.717) is 19.7 Å². The van der Waals surface area contributed by atoms with Crippen LogP contribution in [0.4, 0.5) is 0 Å². The molecule has 6 nitrogen and oxygen atoms in total. The summed E-state index contributed by atoms with van der Waals surface area (Å²) in [6.45, 7) is 1.55. The zero-order chi connectivity index (χ0) is 16.8. The summed E-state index contributed by atoms with van der Waals surface area (Å²) in [6, 6.07) is 9.78. The predicted octanol–water partition coefficient (Wildman–Crippen LogP) is 2.47. The Morgan fingerprint density at radius 3 is 2.85 bits per heavy atom. The van der Waals surface area contributed by atoms with E-state index in [4.69, 9.17) is 15.2 Å². The predicted molar refractivity (Wildman–Crippen MR) is 106 cm³/mol. The normalized spacial score (nSPS) is 18.7. The van der Waals surface area contributed by atoms with E-state index in [2.05, 4.69) is 10.3 Å². The van der Waals surface area contributed by atoms with E-state index in [-0.39, 0.29) is 42.9 Å². The van der Waals surface area contributed by atoms with Gasteiger partial charge in [0.05, 0.1) is 12.7 Å². The maximum atomic E-state index is 12.0. The Morgan fingerprint density at radius 2 is 2.08 bits per heavy atom. The molecule has 2 aromatic rings. The van der Waals surface area contributed by atoms with Crippen LogP contribution in [0, 0.1) is 0 Å². The van der Waals surface area contributed by atoms with Gasteiger partial charge in [-0.1, -0.05) is 18.2 Å². The van der Waals surface area contributed by atoms with Gasteiger partial charge in [0, 0.05) is 24.7 Å². The summed E-state index contributed by atoms with van der Waals surface area (Å²) >= 11 is 0. The highest BCUT2D eigenvalue weighted by atomic mass is 35.5. The number of ether oxygens (including phenoxy) is 2. The minimum absolute atomic E-state index is 0. The van der Waals surface area contributed by atoms with Crippen LogP contribution in [0.1, 0.15) is 19.3 Å². The highest BCUT2D eigenvalue weighted by Gasteiger charge is 2.29. The van der Waals surface area contributed by atoms with Gasteiger partial charge in [-0.25, -0.2) is 0 Å². The van der Waals surface area contributed by atoms with Gasteiger partial charge in [-0.15, -0.1) is 24.8 Å².